The summed E-state index contributed by atoms with van der Waals surface area (Å²) in [6.07, 6.45) is 5.21. The van der Waals surface area contributed by atoms with E-state index in [4.69, 9.17) is 27.1 Å². The zero-order valence-corrected chi connectivity index (χ0v) is 28.6. The van der Waals surface area contributed by atoms with Gasteiger partial charge in [-0.3, -0.25) is 14.5 Å². The molecule has 6 rings (SSSR count). The molecule has 1 amide bonds. The highest BCUT2D eigenvalue weighted by Gasteiger charge is 2.53. The van der Waals surface area contributed by atoms with E-state index >= 15 is 0 Å². The molecule has 0 bridgehead atoms. The number of nitrogens with two attached hydrogens (primary N) is 1. The minimum atomic E-state index is -2.97. The summed E-state index contributed by atoms with van der Waals surface area (Å²) < 4.78 is 38.0. The van der Waals surface area contributed by atoms with E-state index in [1.165, 1.54) is 22.5 Å². The number of ether oxygens (including phenoxy) is 1. The van der Waals surface area contributed by atoms with Crippen LogP contribution in [-0.2, 0) is 19.9 Å². The Bertz CT molecular complexity index is 1850. The molecule has 2 aromatic heterocycles. The van der Waals surface area contributed by atoms with Crippen molar-refractivity contribution in [2.24, 2.45) is 21.6 Å². The number of carbonyl (C=O) groups is 2. The summed E-state index contributed by atoms with van der Waals surface area (Å²) in [5.41, 5.74) is 7.95. The molecule has 252 valence electrons. The molecule has 2 atom stereocenters. The highest BCUT2D eigenvalue weighted by Crippen LogP contribution is 2.49. The first-order valence-electron chi connectivity index (χ1n) is 15.5. The predicted octanol–water partition coefficient (Wildman–Crippen LogP) is 7.38. The van der Waals surface area contributed by atoms with Gasteiger partial charge in [0.2, 0.25) is 0 Å². The Kier molecular flexibility index (Phi) is 8.88. The molecule has 10 nitrogen and oxygen atoms in total. The van der Waals surface area contributed by atoms with Crippen molar-refractivity contribution in [2.75, 3.05) is 6.61 Å². The highest BCUT2D eigenvalue weighted by molar-refractivity contribution is 7.03. The summed E-state index contributed by atoms with van der Waals surface area (Å²) >= 11 is 7.85. The maximum absolute atomic E-state index is 14.9. The number of benzene rings is 2. The standard InChI is InChI=1S/C34H36ClF2N7O3S/c1-32(2,3)18-34(23-8-5-20(6-9-23)22-15-41-48-17-22)29(46)43(31(38)42-34)26(16-47-27(45)14-33(4)11-12-33)21-7-10-25(35)24(13-21)28-39-19-40-44(28)30(36)37/h5-10,13,15,17,19,26,30H,11-12,14,16,18H2,1-4H3,(H2,38,42)/t26-,34-/m1/s1. The molecule has 48 heavy (non-hydrogen) atoms. The van der Waals surface area contributed by atoms with Crippen molar-refractivity contribution in [3.8, 4) is 22.5 Å². The van der Waals surface area contributed by atoms with Gasteiger partial charge >= 0.3 is 12.5 Å². The highest BCUT2D eigenvalue weighted by atomic mass is 35.5. The van der Waals surface area contributed by atoms with E-state index in [0.717, 1.165) is 30.3 Å². The summed E-state index contributed by atoms with van der Waals surface area (Å²) in [4.78, 5) is 38.1. The lowest BCUT2D eigenvalue weighted by molar-refractivity contribution is -0.148. The van der Waals surface area contributed by atoms with Gasteiger partial charge in [0.25, 0.3) is 5.91 Å². The first-order valence-corrected chi connectivity index (χ1v) is 16.7. The number of hydrogen-bond acceptors (Lipinski definition) is 9. The molecular formula is C34H36ClF2N7O3S. The zero-order chi connectivity index (χ0) is 34.4. The van der Waals surface area contributed by atoms with Gasteiger partial charge in [0.05, 0.1) is 17.5 Å². The second-order valence-corrected chi connectivity index (χ2v) is 15.0. The molecule has 3 heterocycles. The van der Waals surface area contributed by atoms with Crippen LogP contribution in [0, 0.1) is 10.8 Å². The smallest absolute Gasteiger partial charge is 0.335 e. The minimum absolute atomic E-state index is 0.0576. The van der Waals surface area contributed by atoms with Crippen molar-refractivity contribution in [3.63, 3.8) is 0 Å². The fourth-order valence-corrected chi connectivity index (χ4v) is 6.90. The molecule has 0 unspecified atom stereocenters. The third-order valence-corrected chi connectivity index (χ3v) is 9.72. The van der Waals surface area contributed by atoms with E-state index < -0.39 is 30.0 Å². The second-order valence-electron chi connectivity index (χ2n) is 14.0. The maximum atomic E-state index is 14.9. The van der Waals surface area contributed by atoms with Gasteiger partial charge in [0.15, 0.2) is 17.3 Å². The van der Waals surface area contributed by atoms with Crippen LogP contribution in [-0.4, -0.2) is 48.5 Å². The van der Waals surface area contributed by atoms with Crippen molar-refractivity contribution in [1.29, 1.82) is 0 Å². The van der Waals surface area contributed by atoms with Crippen LogP contribution in [0.3, 0.4) is 0 Å². The van der Waals surface area contributed by atoms with E-state index in [9.17, 15) is 18.4 Å². The van der Waals surface area contributed by atoms with Crippen LogP contribution in [0.1, 0.15) is 77.1 Å². The summed E-state index contributed by atoms with van der Waals surface area (Å²) in [7, 11) is 0. The number of carbonyl (C=O) groups excluding carboxylic acids is 2. The fraction of sp³-hybridized carbons (Fsp3) is 0.412. The van der Waals surface area contributed by atoms with Crippen molar-refractivity contribution < 1.29 is 23.1 Å². The number of aromatic nitrogens is 4. The Morgan fingerprint density at radius 1 is 1.15 bits per heavy atom. The third-order valence-electron chi connectivity index (χ3n) is 8.80. The quantitative estimate of drug-likeness (QED) is 0.162. The van der Waals surface area contributed by atoms with Gasteiger partial charge in [0.1, 0.15) is 12.9 Å². The maximum Gasteiger partial charge on any atom is 0.335 e. The number of aliphatic imine (C=N–C) groups is 1. The Morgan fingerprint density at radius 2 is 1.88 bits per heavy atom. The Hall–Kier alpha value is -4.23. The monoisotopic (exact) mass is 695 g/mol. The molecule has 4 aromatic rings. The topological polar surface area (TPSA) is 129 Å². The molecule has 0 saturated heterocycles. The van der Waals surface area contributed by atoms with Crippen LogP contribution in [0.5, 0.6) is 0 Å². The molecule has 14 heteroatoms. The number of amides is 1. The van der Waals surface area contributed by atoms with Crippen molar-refractivity contribution in [1.82, 2.24) is 24.0 Å². The molecular weight excluding hydrogens is 660 g/mol. The van der Waals surface area contributed by atoms with Crippen molar-refractivity contribution in [3.05, 3.63) is 76.5 Å². The van der Waals surface area contributed by atoms with Gasteiger partial charge in [-0.1, -0.05) is 69.6 Å². The van der Waals surface area contributed by atoms with Crippen LogP contribution >= 0.6 is 23.1 Å². The van der Waals surface area contributed by atoms with Crippen molar-refractivity contribution in [2.45, 2.75) is 71.5 Å². The number of halogens is 3. The minimum Gasteiger partial charge on any atom is -0.463 e. The van der Waals surface area contributed by atoms with E-state index in [1.54, 1.807) is 18.3 Å². The average Bonchev–Trinajstić information content (AvgIpc) is 3.42. The zero-order valence-electron chi connectivity index (χ0n) is 27.0. The Morgan fingerprint density at radius 3 is 2.50 bits per heavy atom. The van der Waals surface area contributed by atoms with E-state index in [0.29, 0.717) is 22.2 Å². The fourth-order valence-electron chi connectivity index (χ4n) is 6.15. The number of nitrogens with zero attached hydrogens (tertiary/aromatic N) is 6. The molecule has 1 aliphatic carbocycles. The van der Waals surface area contributed by atoms with Gasteiger partial charge < -0.3 is 10.5 Å². The molecule has 2 aliphatic rings. The second kappa shape index (κ2) is 12.7. The lowest BCUT2D eigenvalue weighted by atomic mass is 9.75. The Labute approximate surface area is 286 Å². The predicted molar refractivity (Wildman–Crippen MR) is 179 cm³/mol. The molecule has 1 saturated carbocycles. The number of esters is 1. The largest absolute Gasteiger partial charge is 0.463 e. The number of alkyl halides is 2. The summed E-state index contributed by atoms with van der Waals surface area (Å²) in [6, 6.07) is 11.3. The van der Waals surface area contributed by atoms with E-state index in [2.05, 4.69) is 14.5 Å². The third kappa shape index (κ3) is 6.70. The van der Waals surface area contributed by atoms with Gasteiger partial charge in [-0.25, -0.2) is 14.3 Å². The van der Waals surface area contributed by atoms with Crippen LogP contribution < -0.4 is 5.73 Å². The first kappa shape index (κ1) is 33.7. The van der Waals surface area contributed by atoms with Gasteiger partial charge in [-0.15, -0.1) is 0 Å². The van der Waals surface area contributed by atoms with Crippen LogP contribution in [0.25, 0.3) is 22.5 Å². The van der Waals surface area contributed by atoms with Crippen LogP contribution in [0.2, 0.25) is 5.02 Å². The molecule has 0 spiro atoms. The average molecular weight is 696 g/mol. The summed E-state index contributed by atoms with van der Waals surface area (Å²) in [6.45, 7) is 4.85. The Balaban J connectivity index is 1.41. The molecule has 1 fully saturated rings. The van der Waals surface area contributed by atoms with Crippen LogP contribution in [0.15, 0.2) is 65.4 Å². The molecule has 1 aliphatic heterocycles. The van der Waals surface area contributed by atoms with Crippen LogP contribution in [0.4, 0.5) is 8.78 Å². The summed E-state index contributed by atoms with van der Waals surface area (Å²) in [5, 5.41) is 5.72. The summed E-state index contributed by atoms with van der Waals surface area (Å²) in [5.74, 6) is -1.03. The van der Waals surface area contributed by atoms with E-state index in [-0.39, 0.29) is 46.2 Å². The SMILES string of the molecule is CC(C)(C)C[C@]1(c2ccc(-c3cnsc3)cc2)N=C(N)N([C@H](COC(=O)CC2(C)CC2)c2ccc(Cl)c(-c3ncnn3C(F)F)c2)C1=O. The van der Waals surface area contributed by atoms with Gasteiger partial charge in [-0.2, -0.15) is 18.6 Å². The molecule has 0 radical (unpaired) electrons. The number of hydrogen-bond donors (Lipinski definition) is 1. The lowest BCUT2D eigenvalue weighted by Crippen LogP contribution is -2.47. The number of guanidine groups is 1. The number of rotatable bonds is 11. The first-order chi connectivity index (χ1) is 22.7. The molecule has 2 aromatic carbocycles. The molecule has 2 N–H and O–H groups in total. The lowest BCUT2D eigenvalue weighted by Gasteiger charge is -2.35. The normalized spacial score (nSPS) is 19.5. The van der Waals surface area contributed by atoms with Gasteiger partial charge in [0, 0.05) is 22.7 Å². The van der Waals surface area contributed by atoms with E-state index in [1.807, 2.05) is 57.3 Å². The van der Waals surface area contributed by atoms with Crippen molar-refractivity contribution >= 4 is 41.0 Å². The van der Waals surface area contributed by atoms with Gasteiger partial charge in [-0.05, 0) is 70.4 Å².